The zero-order chi connectivity index (χ0) is 14.3. The van der Waals surface area contributed by atoms with Crippen LogP contribution >= 0.6 is 0 Å². The molecule has 0 aliphatic carbocycles. The van der Waals surface area contributed by atoms with Crippen molar-refractivity contribution in [3.63, 3.8) is 0 Å². The van der Waals surface area contributed by atoms with Crippen molar-refractivity contribution in [3.05, 3.63) is 11.9 Å². The molecule has 0 fully saturated rings. The Morgan fingerprint density at radius 1 is 1.42 bits per heavy atom. The molecule has 0 aliphatic heterocycles. The number of rotatable bonds is 8. The molecule has 1 atom stereocenters. The third-order valence-corrected chi connectivity index (χ3v) is 3.27. The molecule has 1 rings (SSSR count). The maximum absolute atomic E-state index is 12.2. The monoisotopic (exact) mass is 267 g/mol. The Kier molecular flexibility index (Phi) is 6.49. The summed E-state index contributed by atoms with van der Waals surface area (Å²) in [5.74, 6) is 0.0865. The quantitative estimate of drug-likeness (QED) is 0.713. The summed E-state index contributed by atoms with van der Waals surface area (Å²) in [6.07, 6.45) is 4.72. The van der Waals surface area contributed by atoms with Crippen molar-refractivity contribution in [1.29, 1.82) is 0 Å². The molecule has 0 saturated carbocycles. The summed E-state index contributed by atoms with van der Waals surface area (Å²) in [7, 11) is 0. The van der Waals surface area contributed by atoms with E-state index in [2.05, 4.69) is 10.3 Å². The number of hydrogen-bond donors (Lipinski definition) is 1. The summed E-state index contributed by atoms with van der Waals surface area (Å²) in [5.41, 5.74) is 6.38. The Morgan fingerprint density at radius 3 is 2.68 bits per heavy atom. The summed E-state index contributed by atoms with van der Waals surface area (Å²) in [4.78, 5) is 14.0. The second kappa shape index (κ2) is 7.89. The zero-order valence-corrected chi connectivity index (χ0v) is 12.2. The van der Waals surface area contributed by atoms with Gasteiger partial charge in [0.2, 0.25) is 5.91 Å². The zero-order valence-electron chi connectivity index (χ0n) is 12.2. The van der Waals surface area contributed by atoms with Crippen LogP contribution in [0.5, 0.6) is 0 Å². The molecule has 6 nitrogen and oxygen atoms in total. The summed E-state index contributed by atoms with van der Waals surface area (Å²) in [6.45, 7) is 7.96. The molecule has 0 aliphatic rings. The topological polar surface area (TPSA) is 77.0 Å². The number of nitrogens with two attached hydrogens (primary N) is 1. The van der Waals surface area contributed by atoms with Crippen LogP contribution in [0.25, 0.3) is 0 Å². The van der Waals surface area contributed by atoms with Crippen LogP contribution in [0, 0.1) is 0 Å². The number of carbonyl (C=O) groups excluding carboxylic acids is 1. The van der Waals surface area contributed by atoms with Gasteiger partial charge in [-0.25, -0.2) is 4.68 Å². The largest absolute Gasteiger partial charge is 0.341 e. The first-order chi connectivity index (χ1) is 9.13. The fraction of sp³-hybridized carbons (Fsp3) is 0.769. The third-order valence-electron chi connectivity index (χ3n) is 3.27. The molecule has 19 heavy (non-hydrogen) atoms. The van der Waals surface area contributed by atoms with Gasteiger partial charge in [0.05, 0.1) is 5.69 Å². The lowest BCUT2D eigenvalue weighted by Gasteiger charge is -2.22. The summed E-state index contributed by atoms with van der Waals surface area (Å²) in [5, 5.41) is 8.16. The van der Waals surface area contributed by atoms with Gasteiger partial charge in [0.15, 0.2) is 0 Å². The highest BCUT2D eigenvalue weighted by molar-refractivity contribution is 5.79. The second-order valence-corrected chi connectivity index (χ2v) is 4.62. The first-order valence-corrected chi connectivity index (χ1v) is 7.03. The van der Waals surface area contributed by atoms with Crippen molar-refractivity contribution in [2.24, 2.45) is 5.73 Å². The van der Waals surface area contributed by atoms with Crippen molar-refractivity contribution in [2.45, 2.75) is 46.1 Å². The minimum absolute atomic E-state index is 0.0865. The van der Waals surface area contributed by atoms with Crippen molar-refractivity contribution >= 4 is 5.91 Å². The van der Waals surface area contributed by atoms with E-state index in [1.54, 1.807) is 9.58 Å². The molecule has 1 heterocycles. The lowest BCUT2D eigenvalue weighted by atomic mass is 10.2. The fourth-order valence-electron chi connectivity index (χ4n) is 1.98. The standard InChI is InChI=1S/C13H25N5O/c1-4-17(5-2)13(19)11(3)18-10-12(15-16-18)8-6-7-9-14/h10-11H,4-9,14H2,1-3H3. The number of aryl methyl sites for hydroxylation is 1. The molecule has 0 saturated heterocycles. The summed E-state index contributed by atoms with van der Waals surface area (Å²) < 4.78 is 1.65. The Labute approximate surface area is 115 Å². The van der Waals surface area contributed by atoms with Gasteiger partial charge in [0.1, 0.15) is 6.04 Å². The van der Waals surface area contributed by atoms with E-state index in [1.165, 1.54) is 0 Å². The van der Waals surface area contributed by atoms with E-state index in [1.807, 2.05) is 27.0 Å². The molecule has 108 valence electrons. The molecule has 2 N–H and O–H groups in total. The molecule has 0 bridgehead atoms. The molecule has 1 aromatic rings. The minimum Gasteiger partial charge on any atom is -0.341 e. The number of nitrogens with zero attached hydrogens (tertiary/aromatic N) is 4. The van der Waals surface area contributed by atoms with Crippen LogP contribution in [-0.4, -0.2) is 45.4 Å². The summed E-state index contributed by atoms with van der Waals surface area (Å²) in [6, 6.07) is -0.296. The van der Waals surface area contributed by atoms with Gasteiger partial charge >= 0.3 is 0 Å². The molecule has 1 aromatic heterocycles. The maximum Gasteiger partial charge on any atom is 0.247 e. The van der Waals surface area contributed by atoms with E-state index in [9.17, 15) is 4.79 Å². The molecule has 6 heteroatoms. The van der Waals surface area contributed by atoms with Gasteiger partial charge in [-0.2, -0.15) is 0 Å². The Morgan fingerprint density at radius 2 is 2.11 bits per heavy atom. The van der Waals surface area contributed by atoms with Gasteiger partial charge in [0, 0.05) is 19.3 Å². The molecule has 1 amide bonds. The molecule has 0 radical (unpaired) electrons. The van der Waals surface area contributed by atoms with Crippen molar-refractivity contribution in [2.75, 3.05) is 19.6 Å². The average Bonchev–Trinajstić information content (AvgIpc) is 2.88. The lowest BCUT2D eigenvalue weighted by Crippen LogP contribution is -2.36. The molecular formula is C13H25N5O. The van der Waals surface area contributed by atoms with E-state index in [-0.39, 0.29) is 11.9 Å². The fourth-order valence-corrected chi connectivity index (χ4v) is 1.98. The first-order valence-electron chi connectivity index (χ1n) is 7.03. The van der Waals surface area contributed by atoms with E-state index < -0.39 is 0 Å². The van der Waals surface area contributed by atoms with E-state index in [0.29, 0.717) is 6.54 Å². The number of likely N-dealkylation sites (N-methyl/N-ethyl adjacent to an activating group) is 1. The predicted octanol–water partition coefficient (Wildman–Crippen LogP) is 0.989. The first kappa shape index (κ1) is 15.6. The molecule has 0 spiro atoms. The molecular weight excluding hydrogens is 242 g/mol. The lowest BCUT2D eigenvalue weighted by molar-refractivity contribution is -0.134. The molecule has 1 unspecified atom stereocenters. The van der Waals surface area contributed by atoms with Crippen molar-refractivity contribution < 1.29 is 4.79 Å². The van der Waals surface area contributed by atoms with Gasteiger partial charge in [-0.1, -0.05) is 5.21 Å². The van der Waals surface area contributed by atoms with Gasteiger partial charge in [-0.05, 0) is 46.6 Å². The number of hydrogen-bond acceptors (Lipinski definition) is 4. The van der Waals surface area contributed by atoms with Gasteiger partial charge < -0.3 is 10.6 Å². The highest BCUT2D eigenvalue weighted by atomic mass is 16.2. The Hall–Kier alpha value is -1.43. The van der Waals surface area contributed by atoms with E-state index >= 15 is 0 Å². The van der Waals surface area contributed by atoms with Crippen LogP contribution in [0.2, 0.25) is 0 Å². The number of amides is 1. The number of aromatic nitrogens is 3. The van der Waals surface area contributed by atoms with E-state index in [4.69, 9.17) is 5.73 Å². The number of carbonyl (C=O) groups is 1. The average molecular weight is 267 g/mol. The predicted molar refractivity (Wildman–Crippen MR) is 74.7 cm³/mol. The SMILES string of the molecule is CCN(CC)C(=O)C(C)n1cc(CCCCN)nn1. The van der Waals surface area contributed by atoms with Crippen molar-refractivity contribution in [1.82, 2.24) is 19.9 Å². The number of unbranched alkanes of at least 4 members (excludes halogenated alkanes) is 1. The highest BCUT2D eigenvalue weighted by Gasteiger charge is 2.20. The highest BCUT2D eigenvalue weighted by Crippen LogP contribution is 2.10. The van der Waals surface area contributed by atoms with Gasteiger partial charge in [-0.15, -0.1) is 5.10 Å². The Bertz CT molecular complexity index is 386. The molecule has 0 aromatic carbocycles. The maximum atomic E-state index is 12.2. The third kappa shape index (κ3) is 4.31. The van der Waals surface area contributed by atoms with Crippen LogP contribution in [0.4, 0.5) is 0 Å². The van der Waals surface area contributed by atoms with Gasteiger partial charge in [0.25, 0.3) is 0 Å². The van der Waals surface area contributed by atoms with Gasteiger partial charge in [-0.3, -0.25) is 4.79 Å². The Balaban J connectivity index is 2.62. The van der Waals surface area contributed by atoms with Crippen LogP contribution in [0.15, 0.2) is 6.20 Å². The van der Waals surface area contributed by atoms with Crippen LogP contribution in [0.3, 0.4) is 0 Å². The smallest absolute Gasteiger partial charge is 0.247 e. The van der Waals surface area contributed by atoms with Crippen LogP contribution in [-0.2, 0) is 11.2 Å². The second-order valence-electron chi connectivity index (χ2n) is 4.62. The minimum atomic E-state index is -0.296. The van der Waals surface area contributed by atoms with E-state index in [0.717, 1.165) is 38.0 Å². The van der Waals surface area contributed by atoms with Crippen LogP contribution in [0.1, 0.15) is 45.3 Å². The normalized spacial score (nSPS) is 12.4. The van der Waals surface area contributed by atoms with Crippen LogP contribution < -0.4 is 5.73 Å². The summed E-state index contributed by atoms with van der Waals surface area (Å²) >= 11 is 0. The van der Waals surface area contributed by atoms with Crippen molar-refractivity contribution in [3.8, 4) is 0 Å².